The van der Waals surface area contributed by atoms with Gasteiger partial charge in [0.05, 0.1) is 12.3 Å². The Morgan fingerprint density at radius 1 is 1.32 bits per heavy atom. The van der Waals surface area contributed by atoms with Crippen molar-refractivity contribution >= 4 is 5.91 Å². The van der Waals surface area contributed by atoms with E-state index in [0.29, 0.717) is 5.76 Å². The van der Waals surface area contributed by atoms with Crippen molar-refractivity contribution < 1.29 is 9.21 Å². The molecule has 4 nitrogen and oxygen atoms in total. The lowest BCUT2D eigenvalue weighted by Crippen LogP contribution is -2.38. The van der Waals surface area contributed by atoms with Gasteiger partial charge in [0.25, 0.3) is 5.91 Å². The topological polar surface area (TPSA) is 46.3 Å². The second-order valence-corrected chi connectivity index (χ2v) is 4.77. The molecule has 3 rings (SSSR count). The SMILES string of the molecule is O=C(c1ccco1)N1CCCC[C@H]1c1cccnc1. The Morgan fingerprint density at radius 3 is 3.00 bits per heavy atom. The minimum atomic E-state index is -0.0291. The molecule has 0 unspecified atom stereocenters. The number of piperidine rings is 1. The predicted octanol–water partition coefficient (Wildman–Crippen LogP) is 3.04. The van der Waals surface area contributed by atoms with E-state index in [0.717, 1.165) is 31.4 Å². The van der Waals surface area contributed by atoms with E-state index >= 15 is 0 Å². The van der Waals surface area contributed by atoms with Crippen LogP contribution in [0.3, 0.4) is 0 Å². The van der Waals surface area contributed by atoms with Gasteiger partial charge in [-0.1, -0.05) is 6.07 Å². The van der Waals surface area contributed by atoms with Crippen LogP contribution in [-0.2, 0) is 0 Å². The van der Waals surface area contributed by atoms with Crippen LogP contribution in [0.2, 0.25) is 0 Å². The first-order valence-electron chi connectivity index (χ1n) is 6.60. The molecule has 0 saturated carbocycles. The average molecular weight is 256 g/mol. The second kappa shape index (κ2) is 5.26. The molecule has 19 heavy (non-hydrogen) atoms. The first-order valence-corrected chi connectivity index (χ1v) is 6.60. The summed E-state index contributed by atoms with van der Waals surface area (Å²) in [5.41, 5.74) is 1.10. The van der Waals surface area contributed by atoms with Crippen LogP contribution in [0, 0.1) is 0 Å². The maximum atomic E-state index is 12.5. The fourth-order valence-electron chi connectivity index (χ4n) is 2.64. The lowest BCUT2D eigenvalue weighted by Gasteiger charge is -2.35. The number of aromatic nitrogens is 1. The van der Waals surface area contributed by atoms with Crippen molar-refractivity contribution in [3.63, 3.8) is 0 Å². The van der Waals surface area contributed by atoms with Gasteiger partial charge >= 0.3 is 0 Å². The Balaban J connectivity index is 1.87. The summed E-state index contributed by atoms with van der Waals surface area (Å²) in [6.45, 7) is 0.777. The smallest absolute Gasteiger partial charge is 0.290 e. The number of rotatable bonds is 2. The van der Waals surface area contributed by atoms with Gasteiger partial charge in [0.1, 0.15) is 0 Å². The van der Waals surface area contributed by atoms with Crippen LogP contribution in [-0.4, -0.2) is 22.3 Å². The summed E-state index contributed by atoms with van der Waals surface area (Å²) in [5, 5.41) is 0. The van der Waals surface area contributed by atoms with Crippen LogP contribution in [0.25, 0.3) is 0 Å². The van der Waals surface area contributed by atoms with Gasteiger partial charge in [-0.2, -0.15) is 0 Å². The van der Waals surface area contributed by atoms with Gasteiger partial charge < -0.3 is 9.32 Å². The van der Waals surface area contributed by atoms with Crippen LogP contribution in [0.15, 0.2) is 47.3 Å². The summed E-state index contributed by atoms with van der Waals surface area (Å²) in [6.07, 6.45) is 8.31. The molecule has 0 aromatic carbocycles. The molecule has 1 saturated heterocycles. The quantitative estimate of drug-likeness (QED) is 0.829. The Labute approximate surface area is 112 Å². The van der Waals surface area contributed by atoms with E-state index in [2.05, 4.69) is 4.98 Å². The molecule has 1 atom stereocenters. The van der Waals surface area contributed by atoms with E-state index in [1.807, 2.05) is 23.2 Å². The van der Waals surface area contributed by atoms with Crippen molar-refractivity contribution in [1.29, 1.82) is 0 Å². The highest BCUT2D eigenvalue weighted by Gasteiger charge is 2.29. The zero-order valence-corrected chi connectivity index (χ0v) is 10.7. The van der Waals surface area contributed by atoms with Crippen LogP contribution in [0.4, 0.5) is 0 Å². The van der Waals surface area contributed by atoms with E-state index in [-0.39, 0.29) is 11.9 Å². The lowest BCUT2D eigenvalue weighted by molar-refractivity contribution is 0.0578. The summed E-state index contributed by atoms with van der Waals surface area (Å²) >= 11 is 0. The van der Waals surface area contributed by atoms with Gasteiger partial charge in [-0.25, -0.2) is 0 Å². The summed E-state index contributed by atoms with van der Waals surface area (Å²) in [4.78, 5) is 18.5. The van der Waals surface area contributed by atoms with Gasteiger partial charge in [-0.15, -0.1) is 0 Å². The number of carbonyl (C=O) groups is 1. The number of furan rings is 1. The highest BCUT2D eigenvalue weighted by atomic mass is 16.3. The van der Waals surface area contributed by atoms with E-state index in [9.17, 15) is 4.79 Å². The molecule has 0 bridgehead atoms. The lowest BCUT2D eigenvalue weighted by atomic mass is 9.96. The predicted molar refractivity (Wildman–Crippen MR) is 70.6 cm³/mol. The Bertz CT molecular complexity index is 537. The van der Waals surface area contributed by atoms with Crippen molar-refractivity contribution in [1.82, 2.24) is 9.88 Å². The zero-order valence-electron chi connectivity index (χ0n) is 10.7. The van der Waals surface area contributed by atoms with Gasteiger partial charge in [0.15, 0.2) is 5.76 Å². The third-order valence-corrected chi connectivity index (χ3v) is 3.56. The number of hydrogen-bond acceptors (Lipinski definition) is 3. The molecular formula is C15H16N2O2. The Kier molecular flexibility index (Phi) is 3.31. The van der Waals surface area contributed by atoms with Crippen molar-refractivity contribution in [2.75, 3.05) is 6.54 Å². The summed E-state index contributed by atoms with van der Waals surface area (Å²) in [5.74, 6) is 0.384. The van der Waals surface area contributed by atoms with E-state index < -0.39 is 0 Å². The number of amides is 1. The Morgan fingerprint density at radius 2 is 2.26 bits per heavy atom. The number of pyridine rings is 1. The van der Waals surface area contributed by atoms with E-state index in [4.69, 9.17) is 4.42 Å². The Hall–Kier alpha value is -2.10. The van der Waals surface area contributed by atoms with Crippen molar-refractivity contribution in [3.8, 4) is 0 Å². The van der Waals surface area contributed by atoms with Crippen molar-refractivity contribution in [3.05, 3.63) is 54.2 Å². The number of hydrogen-bond donors (Lipinski definition) is 0. The molecule has 0 N–H and O–H groups in total. The molecule has 1 aliphatic heterocycles. The number of carbonyl (C=O) groups excluding carboxylic acids is 1. The highest BCUT2D eigenvalue weighted by molar-refractivity contribution is 5.91. The largest absolute Gasteiger partial charge is 0.459 e. The standard InChI is InChI=1S/C15H16N2O2/c18-15(14-7-4-10-19-14)17-9-2-1-6-13(17)12-5-3-8-16-11-12/h3-5,7-8,10-11,13H,1-2,6,9H2/t13-/m0/s1. The number of likely N-dealkylation sites (tertiary alicyclic amines) is 1. The molecule has 0 radical (unpaired) electrons. The minimum Gasteiger partial charge on any atom is -0.459 e. The fourth-order valence-corrected chi connectivity index (χ4v) is 2.64. The summed E-state index contributed by atoms with van der Waals surface area (Å²) < 4.78 is 5.23. The van der Waals surface area contributed by atoms with E-state index in [1.54, 1.807) is 18.3 Å². The molecule has 2 aromatic rings. The van der Waals surface area contributed by atoms with Crippen LogP contribution >= 0.6 is 0 Å². The molecule has 0 spiro atoms. The molecule has 1 aliphatic rings. The molecule has 98 valence electrons. The third kappa shape index (κ3) is 2.38. The van der Waals surface area contributed by atoms with Crippen LogP contribution in [0.1, 0.15) is 41.4 Å². The average Bonchev–Trinajstić information content (AvgIpc) is 3.02. The fraction of sp³-hybridized carbons (Fsp3) is 0.333. The third-order valence-electron chi connectivity index (χ3n) is 3.56. The monoisotopic (exact) mass is 256 g/mol. The molecule has 0 aliphatic carbocycles. The zero-order chi connectivity index (χ0) is 13.1. The maximum absolute atomic E-state index is 12.5. The van der Waals surface area contributed by atoms with Crippen molar-refractivity contribution in [2.24, 2.45) is 0 Å². The van der Waals surface area contributed by atoms with Crippen LogP contribution < -0.4 is 0 Å². The molecule has 4 heteroatoms. The molecule has 1 amide bonds. The normalized spacial score (nSPS) is 19.4. The minimum absolute atomic E-state index is 0.0291. The maximum Gasteiger partial charge on any atom is 0.290 e. The van der Waals surface area contributed by atoms with Gasteiger partial charge in [0.2, 0.25) is 0 Å². The van der Waals surface area contributed by atoms with Gasteiger partial charge in [-0.05, 0) is 43.0 Å². The molecule has 3 heterocycles. The second-order valence-electron chi connectivity index (χ2n) is 4.77. The van der Waals surface area contributed by atoms with Crippen LogP contribution in [0.5, 0.6) is 0 Å². The van der Waals surface area contributed by atoms with Gasteiger partial charge in [-0.3, -0.25) is 9.78 Å². The highest BCUT2D eigenvalue weighted by Crippen LogP contribution is 2.31. The summed E-state index contributed by atoms with van der Waals surface area (Å²) in [7, 11) is 0. The molecule has 1 fully saturated rings. The summed E-state index contributed by atoms with van der Waals surface area (Å²) in [6, 6.07) is 7.53. The first kappa shape index (κ1) is 12.0. The van der Waals surface area contributed by atoms with Gasteiger partial charge in [0, 0.05) is 18.9 Å². The number of nitrogens with zero attached hydrogens (tertiary/aromatic N) is 2. The molecule has 2 aromatic heterocycles. The first-order chi connectivity index (χ1) is 9.36. The molecular weight excluding hydrogens is 240 g/mol. The van der Waals surface area contributed by atoms with Crippen molar-refractivity contribution in [2.45, 2.75) is 25.3 Å². The van der Waals surface area contributed by atoms with E-state index in [1.165, 1.54) is 6.26 Å².